The highest BCUT2D eigenvalue weighted by atomic mass is 16.5. The molecule has 4 rings (SSSR count). The molecule has 0 saturated carbocycles. The standard InChI is InChI=1S/C20H17N3O4/c1-27-20(26)13-3-6-15(7-4-13)23-18(24)11-17(19(23)25)22-14-5-2-12-8-9-21-16(12)10-14/h2-10,17,21-22H,11H2,1H3/t17-/m0/s1. The number of fused-ring (bicyclic) bond motifs is 1. The summed E-state index contributed by atoms with van der Waals surface area (Å²) in [6, 6.07) is 13.2. The van der Waals surface area contributed by atoms with Crippen LogP contribution in [0.4, 0.5) is 11.4 Å². The number of amides is 2. The molecule has 1 aliphatic rings. The zero-order valence-corrected chi connectivity index (χ0v) is 14.6. The van der Waals surface area contributed by atoms with Gasteiger partial charge < -0.3 is 15.0 Å². The first-order valence-corrected chi connectivity index (χ1v) is 8.45. The second-order valence-corrected chi connectivity index (χ2v) is 6.29. The summed E-state index contributed by atoms with van der Waals surface area (Å²) in [5.74, 6) is -1.08. The van der Waals surface area contributed by atoms with Gasteiger partial charge in [-0.25, -0.2) is 9.69 Å². The van der Waals surface area contributed by atoms with Gasteiger partial charge in [0.2, 0.25) is 5.91 Å². The van der Waals surface area contributed by atoms with Crippen LogP contribution in [0, 0.1) is 0 Å². The number of H-pyrrole nitrogens is 1. The van der Waals surface area contributed by atoms with Crippen LogP contribution in [0.15, 0.2) is 54.7 Å². The van der Waals surface area contributed by atoms with Gasteiger partial charge in [0.05, 0.1) is 24.8 Å². The Hall–Kier alpha value is -3.61. The van der Waals surface area contributed by atoms with Crippen molar-refractivity contribution in [3.63, 3.8) is 0 Å². The topological polar surface area (TPSA) is 91.5 Å². The van der Waals surface area contributed by atoms with E-state index in [9.17, 15) is 14.4 Å². The van der Waals surface area contributed by atoms with Crippen LogP contribution in [0.25, 0.3) is 10.9 Å². The Labute approximate surface area is 154 Å². The molecule has 0 radical (unpaired) electrons. The van der Waals surface area contributed by atoms with Crippen molar-refractivity contribution in [1.82, 2.24) is 4.98 Å². The van der Waals surface area contributed by atoms with Crippen molar-refractivity contribution in [2.45, 2.75) is 12.5 Å². The number of carbonyl (C=O) groups is 3. The summed E-state index contributed by atoms with van der Waals surface area (Å²) in [4.78, 5) is 40.9. The number of benzene rings is 2. The lowest BCUT2D eigenvalue weighted by atomic mass is 10.2. The number of nitrogens with zero attached hydrogens (tertiary/aromatic N) is 1. The van der Waals surface area contributed by atoms with Crippen molar-refractivity contribution in [3.8, 4) is 0 Å². The van der Waals surface area contributed by atoms with E-state index in [1.54, 1.807) is 12.1 Å². The fourth-order valence-electron chi connectivity index (χ4n) is 3.22. The van der Waals surface area contributed by atoms with Gasteiger partial charge in [-0.05, 0) is 47.9 Å². The van der Waals surface area contributed by atoms with E-state index in [1.165, 1.54) is 19.2 Å². The summed E-state index contributed by atoms with van der Waals surface area (Å²) in [6.45, 7) is 0. The summed E-state index contributed by atoms with van der Waals surface area (Å²) in [5, 5.41) is 4.21. The third kappa shape index (κ3) is 3.03. The summed E-state index contributed by atoms with van der Waals surface area (Å²) in [7, 11) is 1.30. The van der Waals surface area contributed by atoms with E-state index in [0.717, 1.165) is 21.5 Å². The van der Waals surface area contributed by atoms with Crippen molar-refractivity contribution >= 4 is 40.1 Å². The van der Waals surface area contributed by atoms with Crippen molar-refractivity contribution in [2.75, 3.05) is 17.3 Å². The van der Waals surface area contributed by atoms with Gasteiger partial charge in [0.1, 0.15) is 6.04 Å². The lowest BCUT2D eigenvalue weighted by Gasteiger charge is -2.16. The van der Waals surface area contributed by atoms with Crippen molar-refractivity contribution < 1.29 is 19.1 Å². The Morgan fingerprint density at radius 2 is 1.93 bits per heavy atom. The van der Waals surface area contributed by atoms with E-state index in [2.05, 4.69) is 15.0 Å². The number of hydrogen-bond acceptors (Lipinski definition) is 5. The molecule has 1 aromatic heterocycles. The van der Waals surface area contributed by atoms with Gasteiger partial charge in [-0.15, -0.1) is 0 Å². The Kier molecular flexibility index (Phi) is 4.12. The largest absolute Gasteiger partial charge is 0.465 e. The number of ether oxygens (including phenoxy) is 1. The molecule has 2 N–H and O–H groups in total. The van der Waals surface area contributed by atoms with Crippen LogP contribution in [0.2, 0.25) is 0 Å². The molecule has 3 aromatic rings. The normalized spacial score (nSPS) is 16.8. The van der Waals surface area contributed by atoms with Gasteiger partial charge in [-0.1, -0.05) is 6.07 Å². The molecule has 0 spiro atoms. The maximum absolute atomic E-state index is 12.8. The molecule has 136 valence electrons. The Balaban J connectivity index is 1.53. The number of aromatic amines is 1. The molecule has 2 aromatic carbocycles. The minimum absolute atomic E-state index is 0.0698. The number of anilines is 2. The van der Waals surface area contributed by atoms with Crippen molar-refractivity contribution in [2.24, 2.45) is 0 Å². The van der Waals surface area contributed by atoms with Crippen LogP contribution in [0.3, 0.4) is 0 Å². The number of hydrogen-bond donors (Lipinski definition) is 2. The zero-order valence-electron chi connectivity index (χ0n) is 14.6. The highest BCUT2D eigenvalue weighted by molar-refractivity contribution is 6.23. The summed E-state index contributed by atoms with van der Waals surface area (Å²) >= 11 is 0. The number of aromatic nitrogens is 1. The van der Waals surface area contributed by atoms with Gasteiger partial charge in [0.15, 0.2) is 0 Å². The van der Waals surface area contributed by atoms with E-state index < -0.39 is 12.0 Å². The van der Waals surface area contributed by atoms with E-state index in [-0.39, 0.29) is 18.2 Å². The second-order valence-electron chi connectivity index (χ2n) is 6.29. The van der Waals surface area contributed by atoms with Crippen LogP contribution in [0.5, 0.6) is 0 Å². The minimum Gasteiger partial charge on any atom is -0.465 e. The van der Waals surface area contributed by atoms with Gasteiger partial charge in [0, 0.05) is 17.4 Å². The molecule has 0 aliphatic carbocycles. The third-order valence-electron chi connectivity index (χ3n) is 4.59. The van der Waals surface area contributed by atoms with E-state index in [0.29, 0.717) is 11.3 Å². The molecule has 2 amide bonds. The Bertz CT molecular complexity index is 1040. The number of esters is 1. The second kappa shape index (κ2) is 6.60. The van der Waals surface area contributed by atoms with Crippen LogP contribution in [0.1, 0.15) is 16.8 Å². The lowest BCUT2D eigenvalue weighted by molar-refractivity contribution is -0.121. The van der Waals surface area contributed by atoms with Crippen LogP contribution in [-0.4, -0.2) is 35.9 Å². The summed E-state index contributed by atoms with van der Waals surface area (Å²) in [5.41, 5.74) is 2.50. The lowest BCUT2D eigenvalue weighted by Crippen LogP contribution is -2.34. The van der Waals surface area contributed by atoms with E-state index in [1.807, 2.05) is 30.5 Å². The molecule has 1 atom stereocenters. The molecule has 1 fully saturated rings. The molecular weight excluding hydrogens is 346 g/mol. The molecule has 0 unspecified atom stereocenters. The SMILES string of the molecule is COC(=O)c1ccc(N2C(=O)C[C@H](Nc3ccc4cc[nH]c4c3)C2=O)cc1. The molecular formula is C20H17N3O4. The molecule has 7 heteroatoms. The number of methoxy groups -OCH3 is 1. The average Bonchev–Trinajstić information content (AvgIpc) is 3.25. The summed E-state index contributed by atoms with van der Waals surface area (Å²) in [6.07, 6.45) is 1.92. The van der Waals surface area contributed by atoms with Crippen LogP contribution >= 0.6 is 0 Å². The smallest absolute Gasteiger partial charge is 0.337 e. The van der Waals surface area contributed by atoms with Gasteiger partial charge >= 0.3 is 5.97 Å². The molecule has 1 saturated heterocycles. The van der Waals surface area contributed by atoms with Crippen LogP contribution in [-0.2, 0) is 14.3 Å². The number of imide groups is 1. The quantitative estimate of drug-likeness (QED) is 0.549. The van der Waals surface area contributed by atoms with E-state index in [4.69, 9.17) is 0 Å². The van der Waals surface area contributed by atoms with Gasteiger partial charge in [-0.2, -0.15) is 0 Å². The predicted octanol–water partition coefficient (Wildman–Crippen LogP) is 2.70. The first kappa shape index (κ1) is 16.8. The fraction of sp³-hybridized carbons (Fsp3) is 0.150. The molecule has 27 heavy (non-hydrogen) atoms. The highest BCUT2D eigenvalue weighted by Crippen LogP contribution is 2.26. The first-order chi connectivity index (χ1) is 13.1. The molecule has 2 heterocycles. The number of rotatable bonds is 4. The minimum atomic E-state index is -0.634. The van der Waals surface area contributed by atoms with Gasteiger partial charge in [0.25, 0.3) is 5.91 Å². The molecule has 0 bridgehead atoms. The Morgan fingerprint density at radius 3 is 2.67 bits per heavy atom. The fourth-order valence-corrected chi connectivity index (χ4v) is 3.22. The van der Waals surface area contributed by atoms with Crippen molar-refractivity contribution in [3.05, 3.63) is 60.3 Å². The average molecular weight is 363 g/mol. The van der Waals surface area contributed by atoms with E-state index >= 15 is 0 Å². The maximum atomic E-state index is 12.8. The monoisotopic (exact) mass is 363 g/mol. The highest BCUT2D eigenvalue weighted by Gasteiger charge is 2.39. The van der Waals surface area contributed by atoms with Crippen molar-refractivity contribution in [1.29, 1.82) is 0 Å². The summed E-state index contributed by atoms with van der Waals surface area (Å²) < 4.78 is 4.65. The third-order valence-corrected chi connectivity index (χ3v) is 4.59. The zero-order chi connectivity index (χ0) is 19.0. The van der Waals surface area contributed by atoms with Crippen LogP contribution < -0.4 is 10.2 Å². The number of carbonyl (C=O) groups excluding carboxylic acids is 3. The maximum Gasteiger partial charge on any atom is 0.337 e. The Morgan fingerprint density at radius 1 is 1.15 bits per heavy atom. The predicted molar refractivity (Wildman–Crippen MR) is 101 cm³/mol. The molecule has 1 aliphatic heterocycles. The molecule has 7 nitrogen and oxygen atoms in total. The number of nitrogens with one attached hydrogen (secondary N) is 2. The first-order valence-electron chi connectivity index (χ1n) is 8.45. The van der Waals surface area contributed by atoms with Gasteiger partial charge in [-0.3, -0.25) is 9.59 Å².